The van der Waals surface area contributed by atoms with Gasteiger partial charge < -0.3 is 5.32 Å². The molecule has 1 atom stereocenters. The van der Waals surface area contributed by atoms with E-state index in [9.17, 15) is 14.4 Å². The first kappa shape index (κ1) is 17.2. The topological polar surface area (TPSA) is 87.3 Å². The number of hydrazine groups is 1. The van der Waals surface area contributed by atoms with Crippen molar-refractivity contribution >= 4 is 40.4 Å². The Labute approximate surface area is 141 Å². The Morgan fingerprint density at radius 2 is 1.48 bits per heavy atom. The molecule has 3 amide bonds. The average Bonchev–Trinajstić information content (AvgIpc) is 3.22. The number of hydrogen-bond acceptors (Lipinski definition) is 5. The van der Waals surface area contributed by atoms with Crippen LogP contribution in [0.4, 0.5) is 0 Å². The number of carbonyl (C=O) groups excluding carboxylic acids is 3. The summed E-state index contributed by atoms with van der Waals surface area (Å²) in [5.74, 6) is -1.29. The molecule has 0 fully saturated rings. The van der Waals surface area contributed by atoms with Gasteiger partial charge in [-0.2, -0.15) is 0 Å². The smallest absolute Gasteiger partial charge is 0.279 e. The van der Waals surface area contributed by atoms with Crippen LogP contribution in [-0.2, 0) is 4.79 Å². The maximum absolute atomic E-state index is 12.2. The van der Waals surface area contributed by atoms with Crippen LogP contribution in [0.25, 0.3) is 0 Å². The highest BCUT2D eigenvalue weighted by Crippen LogP contribution is 2.10. The van der Waals surface area contributed by atoms with Crippen LogP contribution in [0.1, 0.15) is 33.2 Å². The Hall–Kier alpha value is -2.19. The van der Waals surface area contributed by atoms with E-state index in [0.29, 0.717) is 9.75 Å². The van der Waals surface area contributed by atoms with Gasteiger partial charge in [-0.05, 0) is 28.8 Å². The summed E-state index contributed by atoms with van der Waals surface area (Å²) in [5.41, 5.74) is 4.71. The normalized spacial score (nSPS) is 11.8. The molecule has 2 aromatic heterocycles. The average molecular weight is 351 g/mol. The molecule has 0 bridgehead atoms. The third-order valence-electron chi connectivity index (χ3n) is 3.02. The molecule has 0 aliphatic rings. The molecule has 0 unspecified atom stereocenters. The lowest BCUT2D eigenvalue weighted by Gasteiger charge is -2.21. The first-order valence-electron chi connectivity index (χ1n) is 6.97. The van der Waals surface area contributed by atoms with Crippen LogP contribution in [0, 0.1) is 5.92 Å². The van der Waals surface area contributed by atoms with Crippen molar-refractivity contribution in [3.05, 3.63) is 44.8 Å². The Kier molecular flexibility index (Phi) is 5.89. The molecule has 122 valence electrons. The number of carbonyl (C=O) groups is 3. The molecule has 0 spiro atoms. The SMILES string of the molecule is CC(C)[C@@H](NC(=O)c1cccs1)C(=O)NNC(=O)c1cccs1. The molecule has 0 saturated carbocycles. The van der Waals surface area contributed by atoms with Crippen molar-refractivity contribution in [1.82, 2.24) is 16.2 Å². The fourth-order valence-electron chi connectivity index (χ4n) is 1.82. The van der Waals surface area contributed by atoms with Crippen LogP contribution in [0.3, 0.4) is 0 Å². The molecule has 6 nitrogen and oxygen atoms in total. The predicted molar refractivity (Wildman–Crippen MR) is 90.3 cm³/mol. The van der Waals surface area contributed by atoms with Crippen molar-refractivity contribution in [1.29, 1.82) is 0 Å². The summed E-state index contributed by atoms with van der Waals surface area (Å²) in [4.78, 5) is 37.2. The molecule has 23 heavy (non-hydrogen) atoms. The van der Waals surface area contributed by atoms with Crippen LogP contribution >= 0.6 is 22.7 Å². The zero-order chi connectivity index (χ0) is 16.8. The molecule has 0 aliphatic heterocycles. The number of amides is 3. The van der Waals surface area contributed by atoms with Gasteiger partial charge in [-0.25, -0.2) is 0 Å². The largest absolute Gasteiger partial charge is 0.339 e. The third-order valence-corrected chi connectivity index (χ3v) is 4.76. The fraction of sp³-hybridized carbons (Fsp3) is 0.267. The van der Waals surface area contributed by atoms with Gasteiger partial charge in [-0.15, -0.1) is 22.7 Å². The Morgan fingerprint density at radius 1 is 0.913 bits per heavy atom. The molecule has 2 aromatic rings. The quantitative estimate of drug-likeness (QED) is 0.720. The third kappa shape index (κ3) is 4.64. The van der Waals surface area contributed by atoms with E-state index in [2.05, 4.69) is 16.2 Å². The summed E-state index contributed by atoms with van der Waals surface area (Å²) in [6.45, 7) is 3.64. The summed E-state index contributed by atoms with van der Waals surface area (Å²) < 4.78 is 0. The summed E-state index contributed by atoms with van der Waals surface area (Å²) in [5, 5.41) is 6.25. The van der Waals surface area contributed by atoms with Gasteiger partial charge in [0.2, 0.25) is 0 Å². The lowest BCUT2D eigenvalue weighted by molar-refractivity contribution is -0.124. The van der Waals surface area contributed by atoms with Gasteiger partial charge in [0.05, 0.1) is 9.75 Å². The van der Waals surface area contributed by atoms with Gasteiger partial charge in [-0.1, -0.05) is 26.0 Å². The van der Waals surface area contributed by atoms with E-state index in [1.807, 2.05) is 13.8 Å². The van der Waals surface area contributed by atoms with Gasteiger partial charge in [0, 0.05) is 0 Å². The van der Waals surface area contributed by atoms with Gasteiger partial charge >= 0.3 is 0 Å². The number of nitrogens with one attached hydrogen (secondary N) is 3. The highest BCUT2D eigenvalue weighted by Gasteiger charge is 2.25. The number of thiophene rings is 2. The molecule has 0 saturated heterocycles. The fourth-order valence-corrected chi connectivity index (χ4v) is 3.07. The zero-order valence-electron chi connectivity index (χ0n) is 12.7. The molecular formula is C15H17N3O3S2. The molecule has 0 aliphatic carbocycles. The van der Waals surface area contributed by atoms with Gasteiger partial charge in [-0.3, -0.25) is 25.2 Å². The molecule has 2 rings (SSSR count). The number of hydrogen-bond donors (Lipinski definition) is 3. The van der Waals surface area contributed by atoms with Crippen LogP contribution in [-0.4, -0.2) is 23.8 Å². The van der Waals surface area contributed by atoms with Crippen LogP contribution in [0.15, 0.2) is 35.0 Å². The van der Waals surface area contributed by atoms with Gasteiger partial charge in [0.25, 0.3) is 17.7 Å². The molecule has 0 aromatic carbocycles. The van der Waals surface area contributed by atoms with Gasteiger partial charge in [0.1, 0.15) is 6.04 Å². The van der Waals surface area contributed by atoms with Crippen molar-refractivity contribution in [2.75, 3.05) is 0 Å². The number of rotatable bonds is 5. The summed E-state index contributed by atoms with van der Waals surface area (Å²) in [6, 6.07) is 6.12. The molecule has 8 heteroatoms. The minimum Gasteiger partial charge on any atom is -0.339 e. The standard InChI is InChI=1S/C15H17N3O3S2/c1-9(2)12(16-13(19)10-5-3-7-22-10)15(21)18-17-14(20)11-6-4-8-23-11/h3-9,12H,1-2H3,(H,16,19)(H,17,20)(H,18,21)/t12-/m1/s1. The lowest BCUT2D eigenvalue weighted by Crippen LogP contribution is -2.54. The minimum absolute atomic E-state index is 0.127. The molecule has 3 N–H and O–H groups in total. The van der Waals surface area contributed by atoms with E-state index in [4.69, 9.17) is 0 Å². The van der Waals surface area contributed by atoms with Gasteiger partial charge in [0.15, 0.2) is 0 Å². The first-order valence-corrected chi connectivity index (χ1v) is 8.73. The monoisotopic (exact) mass is 351 g/mol. The highest BCUT2D eigenvalue weighted by molar-refractivity contribution is 7.12. The van der Waals surface area contributed by atoms with Crippen molar-refractivity contribution in [2.24, 2.45) is 5.92 Å². The van der Waals surface area contributed by atoms with Crippen molar-refractivity contribution in [3.8, 4) is 0 Å². The van der Waals surface area contributed by atoms with E-state index in [1.54, 1.807) is 35.0 Å². The summed E-state index contributed by atoms with van der Waals surface area (Å²) in [7, 11) is 0. The zero-order valence-corrected chi connectivity index (χ0v) is 14.3. The van der Waals surface area contributed by atoms with E-state index in [1.165, 1.54) is 22.7 Å². The second-order valence-corrected chi connectivity index (χ2v) is 6.99. The van der Waals surface area contributed by atoms with Crippen LogP contribution in [0.5, 0.6) is 0 Å². The minimum atomic E-state index is -0.742. The molecular weight excluding hydrogens is 334 g/mol. The lowest BCUT2D eigenvalue weighted by atomic mass is 10.0. The Morgan fingerprint density at radius 3 is 1.96 bits per heavy atom. The highest BCUT2D eigenvalue weighted by atomic mass is 32.1. The Balaban J connectivity index is 1.93. The Bertz CT molecular complexity index is 666. The van der Waals surface area contributed by atoms with E-state index >= 15 is 0 Å². The predicted octanol–water partition coefficient (Wildman–Crippen LogP) is 2.03. The van der Waals surface area contributed by atoms with Crippen molar-refractivity contribution in [2.45, 2.75) is 19.9 Å². The van der Waals surface area contributed by atoms with Crippen molar-refractivity contribution < 1.29 is 14.4 Å². The molecule has 0 radical (unpaired) electrons. The van der Waals surface area contributed by atoms with E-state index in [0.717, 1.165) is 0 Å². The summed E-state index contributed by atoms with van der Waals surface area (Å²) >= 11 is 2.58. The van der Waals surface area contributed by atoms with Crippen LogP contribution in [0.2, 0.25) is 0 Å². The van der Waals surface area contributed by atoms with E-state index < -0.39 is 11.9 Å². The maximum Gasteiger partial charge on any atom is 0.279 e. The van der Waals surface area contributed by atoms with E-state index in [-0.39, 0.29) is 17.7 Å². The first-order chi connectivity index (χ1) is 11.0. The maximum atomic E-state index is 12.2. The molecule has 2 heterocycles. The van der Waals surface area contributed by atoms with Crippen molar-refractivity contribution in [3.63, 3.8) is 0 Å². The van der Waals surface area contributed by atoms with Crippen LogP contribution < -0.4 is 16.2 Å². The summed E-state index contributed by atoms with van der Waals surface area (Å²) in [6.07, 6.45) is 0. The second kappa shape index (κ2) is 7.89. The second-order valence-electron chi connectivity index (χ2n) is 5.09.